The predicted octanol–water partition coefficient (Wildman–Crippen LogP) is 2.72. The number of hydrogen-bond acceptors (Lipinski definition) is 2. The third kappa shape index (κ3) is 1.49. The molecule has 3 rings (SSSR count). The van der Waals surface area contributed by atoms with Crippen molar-refractivity contribution in [2.45, 2.75) is 19.8 Å². The Labute approximate surface area is 104 Å². The fourth-order valence-electron chi connectivity index (χ4n) is 2.40. The summed E-state index contributed by atoms with van der Waals surface area (Å²) in [7, 11) is 0. The van der Waals surface area contributed by atoms with Crippen LogP contribution in [0.2, 0.25) is 0 Å². The minimum atomic E-state index is 0.0112. The predicted molar refractivity (Wildman–Crippen MR) is 74.9 cm³/mol. The fourth-order valence-corrected chi connectivity index (χ4v) is 2.40. The van der Waals surface area contributed by atoms with E-state index in [0.29, 0.717) is 11.7 Å². The Hall–Kier alpha value is -2.23. The molecule has 0 atom stereocenters. The third-order valence-electron chi connectivity index (χ3n) is 3.24. The molecule has 0 amide bonds. The molecule has 0 saturated heterocycles. The lowest BCUT2D eigenvalue weighted by Gasteiger charge is -2.09. The molecule has 4 nitrogen and oxygen atoms in total. The molecule has 0 aliphatic carbocycles. The van der Waals surface area contributed by atoms with Crippen molar-refractivity contribution in [1.82, 2.24) is 9.97 Å². The molecule has 4 heteroatoms. The lowest BCUT2D eigenvalue weighted by molar-refractivity contribution is 0.834. The molecule has 0 fully saturated rings. The highest BCUT2D eigenvalue weighted by Crippen LogP contribution is 2.30. The number of anilines is 1. The van der Waals surface area contributed by atoms with Crippen LogP contribution in [0.25, 0.3) is 21.8 Å². The smallest absolute Gasteiger partial charge is 0.180 e. The van der Waals surface area contributed by atoms with Gasteiger partial charge in [0.15, 0.2) is 5.43 Å². The first kappa shape index (κ1) is 10.9. The highest BCUT2D eigenvalue weighted by Gasteiger charge is 2.12. The Balaban J connectivity index is 2.52. The second-order valence-electron chi connectivity index (χ2n) is 4.91. The van der Waals surface area contributed by atoms with Gasteiger partial charge in [0.2, 0.25) is 0 Å². The van der Waals surface area contributed by atoms with Gasteiger partial charge in [-0.25, -0.2) is 0 Å². The van der Waals surface area contributed by atoms with Crippen LogP contribution in [-0.2, 0) is 0 Å². The number of pyridine rings is 1. The van der Waals surface area contributed by atoms with Gasteiger partial charge in [0.1, 0.15) is 5.82 Å². The minimum absolute atomic E-state index is 0.0112. The average molecular weight is 241 g/mol. The zero-order valence-corrected chi connectivity index (χ0v) is 10.4. The van der Waals surface area contributed by atoms with Gasteiger partial charge in [0, 0.05) is 22.5 Å². The summed E-state index contributed by atoms with van der Waals surface area (Å²) in [5.41, 5.74) is 8.87. The molecule has 0 aliphatic heterocycles. The Kier molecular flexibility index (Phi) is 2.20. The molecule has 0 aliphatic rings. The van der Waals surface area contributed by atoms with Gasteiger partial charge in [0.05, 0.1) is 11.0 Å². The molecule has 0 bridgehead atoms. The van der Waals surface area contributed by atoms with Crippen molar-refractivity contribution in [3.05, 3.63) is 40.2 Å². The second-order valence-corrected chi connectivity index (χ2v) is 4.91. The lowest BCUT2D eigenvalue weighted by atomic mass is 10.1. The Morgan fingerprint density at radius 3 is 2.61 bits per heavy atom. The van der Waals surface area contributed by atoms with Gasteiger partial charge in [-0.05, 0) is 24.1 Å². The van der Waals surface area contributed by atoms with Crippen LogP contribution >= 0.6 is 0 Å². The molecule has 0 saturated carbocycles. The summed E-state index contributed by atoms with van der Waals surface area (Å²) in [6.45, 7) is 4.21. The average Bonchev–Trinajstić information content (AvgIpc) is 2.65. The fraction of sp³-hybridized carbons (Fsp3) is 0.214. The summed E-state index contributed by atoms with van der Waals surface area (Å²) >= 11 is 0. The molecule has 0 spiro atoms. The summed E-state index contributed by atoms with van der Waals surface area (Å²) < 4.78 is 0. The standard InChI is InChI=1S/C14H15N3O/c1-7(2)13-14-10(6-12(15)17-13)9-4-3-8(18)5-11(9)16-14/h3-7,16-17H,15H2,1-2H3. The number of rotatable bonds is 1. The molecule has 18 heavy (non-hydrogen) atoms. The maximum absolute atomic E-state index is 11.4. The van der Waals surface area contributed by atoms with Crippen molar-refractivity contribution >= 4 is 27.6 Å². The van der Waals surface area contributed by atoms with Gasteiger partial charge in [-0.2, -0.15) is 0 Å². The molecule has 3 aromatic rings. The number of nitrogens with two attached hydrogens (primary N) is 1. The molecular formula is C14H15N3O. The van der Waals surface area contributed by atoms with E-state index in [4.69, 9.17) is 5.73 Å². The van der Waals surface area contributed by atoms with Crippen LogP contribution in [0.5, 0.6) is 0 Å². The van der Waals surface area contributed by atoms with Gasteiger partial charge in [0.25, 0.3) is 0 Å². The van der Waals surface area contributed by atoms with Crippen molar-refractivity contribution in [1.29, 1.82) is 0 Å². The molecule has 2 heterocycles. The van der Waals surface area contributed by atoms with Crippen LogP contribution in [0.3, 0.4) is 0 Å². The van der Waals surface area contributed by atoms with Gasteiger partial charge in [-0.3, -0.25) is 4.79 Å². The molecule has 92 valence electrons. The van der Waals surface area contributed by atoms with E-state index in [9.17, 15) is 4.79 Å². The van der Waals surface area contributed by atoms with Crippen LogP contribution in [0, 0.1) is 0 Å². The summed E-state index contributed by atoms with van der Waals surface area (Å²) in [5.74, 6) is 0.967. The monoisotopic (exact) mass is 241 g/mol. The van der Waals surface area contributed by atoms with Crippen molar-refractivity contribution < 1.29 is 0 Å². The quantitative estimate of drug-likeness (QED) is 0.612. The van der Waals surface area contributed by atoms with E-state index in [-0.39, 0.29) is 5.43 Å². The number of fused-ring (bicyclic) bond motifs is 3. The van der Waals surface area contributed by atoms with Crippen molar-refractivity contribution in [2.75, 3.05) is 5.73 Å². The van der Waals surface area contributed by atoms with E-state index >= 15 is 0 Å². The van der Waals surface area contributed by atoms with E-state index in [1.807, 2.05) is 12.1 Å². The first-order chi connectivity index (χ1) is 8.56. The minimum Gasteiger partial charge on any atom is -0.385 e. The molecule has 4 N–H and O–H groups in total. The first-order valence-electron chi connectivity index (χ1n) is 6.00. The van der Waals surface area contributed by atoms with Gasteiger partial charge >= 0.3 is 0 Å². The van der Waals surface area contributed by atoms with Crippen LogP contribution in [0.1, 0.15) is 25.5 Å². The SMILES string of the molecule is CC(C)c1[nH]c(N)cc2c1[nH]c1cc(=O)ccc12. The number of nitrogen functional groups attached to an aromatic ring is 1. The van der Waals surface area contributed by atoms with Gasteiger partial charge in [-0.15, -0.1) is 0 Å². The summed E-state index contributed by atoms with van der Waals surface area (Å²) in [5, 5.41) is 2.09. The Morgan fingerprint density at radius 2 is 1.89 bits per heavy atom. The van der Waals surface area contributed by atoms with Crippen molar-refractivity contribution in [3.63, 3.8) is 0 Å². The largest absolute Gasteiger partial charge is 0.385 e. The van der Waals surface area contributed by atoms with Crippen molar-refractivity contribution in [3.8, 4) is 0 Å². The van der Waals surface area contributed by atoms with Crippen LogP contribution < -0.4 is 11.2 Å². The van der Waals surface area contributed by atoms with Gasteiger partial charge in [-0.1, -0.05) is 13.8 Å². The third-order valence-corrected chi connectivity index (χ3v) is 3.24. The number of aromatic amines is 2. The van der Waals surface area contributed by atoms with E-state index in [1.165, 1.54) is 0 Å². The number of nitrogens with one attached hydrogen (secondary N) is 2. The first-order valence-corrected chi connectivity index (χ1v) is 6.00. The maximum atomic E-state index is 11.4. The van der Waals surface area contributed by atoms with E-state index in [1.54, 1.807) is 12.1 Å². The number of H-pyrrole nitrogens is 2. The van der Waals surface area contributed by atoms with Crippen LogP contribution in [0.15, 0.2) is 29.1 Å². The summed E-state index contributed by atoms with van der Waals surface area (Å²) in [6.07, 6.45) is 0. The summed E-state index contributed by atoms with van der Waals surface area (Å²) in [4.78, 5) is 17.9. The zero-order valence-electron chi connectivity index (χ0n) is 10.4. The van der Waals surface area contributed by atoms with E-state index in [2.05, 4.69) is 23.8 Å². The highest BCUT2D eigenvalue weighted by molar-refractivity contribution is 6.08. The van der Waals surface area contributed by atoms with Crippen molar-refractivity contribution in [2.24, 2.45) is 0 Å². The topological polar surface area (TPSA) is 74.7 Å². The molecule has 0 radical (unpaired) electrons. The molecular weight excluding hydrogens is 226 g/mol. The van der Waals surface area contributed by atoms with E-state index < -0.39 is 0 Å². The lowest BCUT2D eigenvalue weighted by Crippen LogP contribution is -1.98. The second kappa shape index (κ2) is 3.63. The normalized spacial score (nSPS) is 11.7. The molecule has 0 unspecified atom stereocenters. The highest BCUT2D eigenvalue weighted by atomic mass is 16.1. The number of hydrogen-bond donors (Lipinski definition) is 3. The number of aromatic nitrogens is 2. The van der Waals surface area contributed by atoms with Gasteiger partial charge < -0.3 is 15.7 Å². The maximum Gasteiger partial charge on any atom is 0.180 e. The number of benzene rings is 1. The Bertz CT molecular complexity index is 796. The Morgan fingerprint density at radius 1 is 1.11 bits per heavy atom. The molecule has 2 aromatic heterocycles. The summed E-state index contributed by atoms with van der Waals surface area (Å²) in [6, 6.07) is 6.96. The zero-order chi connectivity index (χ0) is 12.9. The van der Waals surface area contributed by atoms with Crippen LogP contribution in [0.4, 0.5) is 5.82 Å². The van der Waals surface area contributed by atoms with Crippen LogP contribution in [-0.4, -0.2) is 9.97 Å². The molecule has 1 aromatic carbocycles. The van der Waals surface area contributed by atoms with E-state index in [0.717, 1.165) is 27.5 Å².